The van der Waals surface area contributed by atoms with Gasteiger partial charge in [0.05, 0.1) is 25.0 Å². The van der Waals surface area contributed by atoms with Crippen molar-refractivity contribution in [1.29, 1.82) is 0 Å². The Morgan fingerprint density at radius 2 is 1.77 bits per heavy atom. The van der Waals surface area contributed by atoms with Gasteiger partial charge in [-0.1, -0.05) is 30.3 Å². The second-order valence-electron chi connectivity index (χ2n) is 5.75. The van der Waals surface area contributed by atoms with Crippen molar-refractivity contribution in [3.05, 3.63) is 84.3 Å². The van der Waals surface area contributed by atoms with Crippen molar-refractivity contribution < 1.29 is 13.9 Å². The quantitative estimate of drug-likeness (QED) is 0.571. The van der Waals surface area contributed by atoms with E-state index in [-0.39, 0.29) is 5.91 Å². The summed E-state index contributed by atoms with van der Waals surface area (Å²) in [5.41, 5.74) is 1.42. The third-order valence-corrected chi connectivity index (χ3v) is 3.82. The lowest BCUT2D eigenvalue weighted by Crippen LogP contribution is -2.24. The Bertz CT molecular complexity index is 801. The maximum absolute atomic E-state index is 12.4. The SMILES string of the molecule is O=C(NCc1ccco1)c1ccccc1NCCCOc1ccccc1. The first-order chi connectivity index (χ1) is 12.8. The largest absolute Gasteiger partial charge is 0.494 e. The summed E-state index contributed by atoms with van der Waals surface area (Å²) in [6, 6.07) is 20.8. The first-order valence-electron chi connectivity index (χ1n) is 8.64. The molecule has 3 rings (SSSR count). The Morgan fingerprint density at radius 3 is 2.58 bits per heavy atom. The number of ether oxygens (including phenoxy) is 1. The van der Waals surface area contributed by atoms with Crippen LogP contribution < -0.4 is 15.4 Å². The van der Waals surface area contributed by atoms with Crippen LogP contribution in [-0.2, 0) is 6.54 Å². The molecule has 0 saturated carbocycles. The van der Waals surface area contributed by atoms with Crippen molar-refractivity contribution in [3.63, 3.8) is 0 Å². The van der Waals surface area contributed by atoms with E-state index in [2.05, 4.69) is 10.6 Å². The Balaban J connectivity index is 1.46. The molecule has 0 saturated heterocycles. The van der Waals surface area contributed by atoms with Gasteiger partial charge < -0.3 is 19.8 Å². The molecule has 0 aliphatic rings. The molecule has 0 spiro atoms. The number of hydrogen-bond acceptors (Lipinski definition) is 4. The molecule has 5 heteroatoms. The number of para-hydroxylation sites is 2. The maximum Gasteiger partial charge on any atom is 0.253 e. The monoisotopic (exact) mass is 350 g/mol. The van der Waals surface area contributed by atoms with Crippen LogP contribution in [0.4, 0.5) is 5.69 Å². The molecule has 1 heterocycles. The zero-order valence-electron chi connectivity index (χ0n) is 14.5. The summed E-state index contributed by atoms with van der Waals surface area (Å²) in [7, 11) is 0. The highest BCUT2D eigenvalue weighted by molar-refractivity contribution is 5.99. The van der Waals surface area contributed by atoms with Crippen LogP contribution in [0, 0.1) is 0 Å². The number of furan rings is 1. The molecule has 5 nitrogen and oxygen atoms in total. The zero-order chi connectivity index (χ0) is 18.0. The van der Waals surface area contributed by atoms with Crippen LogP contribution in [-0.4, -0.2) is 19.1 Å². The van der Waals surface area contributed by atoms with Gasteiger partial charge in [0, 0.05) is 12.2 Å². The highest BCUT2D eigenvalue weighted by atomic mass is 16.5. The molecule has 3 aromatic rings. The fraction of sp³-hybridized carbons (Fsp3) is 0.190. The first kappa shape index (κ1) is 17.6. The normalized spacial score (nSPS) is 10.3. The molecule has 0 atom stereocenters. The van der Waals surface area contributed by atoms with Gasteiger partial charge in [0.2, 0.25) is 0 Å². The second kappa shape index (κ2) is 9.32. The minimum atomic E-state index is -0.134. The van der Waals surface area contributed by atoms with E-state index in [0.717, 1.165) is 30.2 Å². The van der Waals surface area contributed by atoms with Crippen LogP contribution in [0.15, 0.2) is 77.4 Å². The Hall–Kier alpha value is -3.21. The van der Waals surface area contributed by atoms with E-state index in [1.54, 1.807) is 18.4 Å². The fourth-order valence-electron chi connectivity index (χ4n) is 2.51. The van der Waals surface area contributed by atoms with E-state index in [0.29, 0.717) is 18.7 Å². The van der Waals surface area contributed by atoms with Crippen LogP contribution >= 0.6 is 0 Å². The van der Waals surface area contributed by atoms with Crippen molar-refractivity contribution in [2.45, 2.75) is 13.0 Å². The molecule has 0 radical (unpaired) electrons. The number of amides is 1. The molecule has 0 aliphatic heterocycles. The average molecular weight is 350 g/mol. The summed E-state index contributed by atoms with van der Waals surface area (Å²) in [4.78, 5) is 12.4. The molecule has 1 amide bonds. The van der Waals surface area contributed by atoms with Gasteiger partial charge in [0.1, 0.15) is 11.5 Å². The van der Waals surface area contributed by atoms with Gasteiger partial charge in [-0.2, -0.15) is 0 Å². The first-order valence-corrected chi connectivity index (χ1v) is 8.64. The Morgan fingerprint density at radius 1 is 0.962 bits per heavy atom. The third kappa shape index (κ3) is 5.14. The highest BCUT2D eigenvalue weighted by Crippen LogP contribution is 2.15. The summed E-state index contributed by atoms with van der Waals surface area (Å²) in [5, 5.41) is 6.18. The Kier molecular flexibility index (Phi) is 6.31. The number of carbonyl (C=O) groups is 1. The number of hydrogen-bond donors (Lipinski definition) is 2. The van der Waals surface area contributed by atoms with Crippen molar-refractivity contribution >= 4 is 11.6 Å². The van der Waals surface area contributed by atoms with Crippen molar-refractivity contribution in [1.82, 2.24) is 5.32 Å². The fourth-order valence-corrected chi connectivity index (χ4v) is 2.51. The molecule has 134 valence electrons. The zero-order valence-corrected chi connectivity index (χ0v) is 14.5. The number of rotatable bonds is 9. The van der Waals surface area contributed by atoms with Crippen LogP contribution in [0.2, 0.25) is 0 Å². The lowest BCUT2D eigenvalue weighted by Gasteiger charge is -2.12. The topological polar surface area (TPSA) is 63.5 Å². The van der Waals surface area contributed by atoms with E-state index < -0.39 is 0 Å². The summed E-state index contributed by atoms with van der Waals surface area (Å²) >= 11 is 0. The molecular weight excluding hydrogens is 328 g/mol. The van der Waals surface area contributed by atoms with Crippen LogP contribution in [0.5, 0.6) is 5.75 Å². The van der Waals surface area contributed by atoms with Crippen LogP contribution in [0.3, 0.4) is 0 Å². The van der Waals surface area contributed by atoms with Gasteiger partial charge in [0.15, 0.2) is 0 Å². The van der Waals surface area contributed by atoms with E-state index in [4.69, 9.17) is 9.15 Å². The molecule has 1 aromatic heterocycles. The summed E-state index contributed by atoms with van der Waals surface area (Å²) in [5.74, 6) is 1.46. The molecule has 26 heavy (non-hydrogen) atoms. The predicted octanol–water partition coefficient (Wildman–Crippen LogP) is 4.09. The van der Waals surface area contributed by atoms with Crippen molar-refractivity contribution in [3.8, 4) is 5.75 Å². The highest BCUT2D eigenvalue weighted by Gasteiger charge is 2.10. The minimum absolute atomic E-state index is 0.134. The van der Waals surface area contributed by atoms with Crippen LogP contribution in [0.25, 0.3) is 0 Å². The van der Waals surface area contributed by atoms with Gasteiger partial charge >= 0.3 is 0 Å². The van der Waals surface area contributed by atoms with Crippen LogP contribution in [0.1, 0.15) is 22.5 Å². The molecular formula is C21H22N2O3. The van der Waals surface area contributed by atoms with Gasteiger partial charge in [-0.3, -0.25) is 4.79 Å². The molecule has 2 aromatic carbocycles. The number of carbonyl (C=O) groups excluding carboxylic acids is 1. The van der Waals surface area contributed by atoms with E-state index >= 15 is 0 Å². The van der Waals surface area contributed by atoms with E-state index in [1.807, 2.05) is 54.6 Å². The van der Waals surface area contributed by atoms with Crippen molar-refractivity contribution in [2.24, 2.45) is 0 Å². The summed E-state index contributed by atoms with van der Waals surface area (Å²) < 4.78 is 10.9. The molecule has 0 unspecified atom stereocenters. The second-order valence-corrected chi connectivity index (χ2v) is 5.75. The standard InChI is InChI=1S/C21H22N2O3/c24-21(23-16-18-10-6-14-26-18)19-11-4-5-12-20(19)22-13-7-15-25-17-8-2-1-3-9-17/h1-6,8-12,14,22H,7,13,15-16H2,(H,23,24). The van der Waals surface area contributed by atoms with Gasteiger partial charge in [-0.15, -0.1) is 0 Å². The maximum atomic E-state index is 12.4. The molecule has 0 bridgehead atoms. The lowest BCUT2D eigenvalue weighted by molar-refractivity contribution is 0.0949. The van der Waals surface area contributed by atoms with Gasteiger partial charge in [-0.25, -0.2) is 0 Å². The number of nitrogens with one attached hydrogen (secondary N) is 2. The minimum Gasteiger partial charge on any atom is -0.494 e. The number of anilines is 1. The lowest BCUT2D eigenvalue weighted by atomic mass is 10.1. The van der Waals surface area contributed by atoms with Gasteiger partial charge in [0.25, 0.3) is 5.91 Å². The molecule has 0 aliphatic carbocycles. The molecule has 0 fully saturated rings. The summed E-state index contributed by atoms with van der Waals surface area (Å²) in [6.07, 6.45) is 2.42. The van der Waals surface area contributed by atoms with Gasteiger partial charge in [-0.05, 0) is 42.8 Å². The van der Waals surface area contributed by atoms with E-state index in [9.17, 15) is 4.79 Å². The number of benzene rings is 2. The smallest absolute Gasteiger partial charge is 0.253 e. The van der Waals surface area contributed by atoms with Crippen molar-refractivity contribution in [2.75, 3.05) is 18.5 Å². The third-order valence-electron chi connectivity index (χ3n) is 3.82. The summed E-state index contributed by atoms with van der Waals surface area (Å²) in [6.45, 7) is 1.70. The van der Waals surface area contributed by atoms with E-state index in [1.165, 1.54) is 0 Å². The average Bonchev–Trinajstić information content (AvgIpc) is 3.21. The predicted molar refractivity (Wildman–Crippen MR) is 101 cm³/mol. The Labute approximate surface area is 153 Å². The molecule has 2 N–H and O–H groups in total.